The summed E-state index contributed by atoms with van der Waals surface area (Å²) in [5.41, 5.74) is 1.98. The molecule has 3 atom stereocenters. The van der Waals surface area contributed by atoms with Crippen molar-refractivity contribution in [3.05, 3.63) is 60.2 Å². The summed E-state index contributed by atoms with van der Waals surface area (Å²) in [5.74, 6) is 0.752. The SMILES string of the molecule is OC(c1cnccn1)C1CC1c1ccccc1. The maximum atomic E-state index is 10.2. The molecule has 1 N–H and O–H groups in total. The van der Waals surface area contributed by atoms with Gasteiger partial charge in [-0.3, -0.25) is 9.97 Å². The lowest BCUT2D eigenvalue weighted by Gasteiger charge is -2.08. The second-order valence-corrected chi connectivity index (χ2v) is 4.49. The van der Waals surface area contributed by atoms with Crippen LogP contribution in [0.4, 0.5) is 0 Å². The molecule has 0 amide bonds. The van der Waals surface area contributed by atoms with Crippen LogP contribution in [-0.2, 0) is 0 Å². The van der Waals surface area contributed by atoms with Crippen LogP contribution in [0.3, 0.4) is 0 Å². The third kappa shape index (κ3) is 2.06. The van der Waals surface area contributed by atoms with E-state index < -0.39 is 6.10 Å². The van der Waals surface area contributed by atoms with Gasteiger partial charge < -0.3 is 5.11 Å². The molecule has 0 spiro atoms. The van der Waals surface area contributed by atoms with Gasteiger partial charge >= 0.3 is 0 Å². The lowest BCUT2D eigenvalue weighted by atomic mass is 10.1. The minimum absolute atomic E-state index is 0.286. The van der Waals surface area contributed by atoms with Crippen LogP contribution in [-0.4, -0.2) is 15.1 Å². The monoisotopic (exact) mass is 226 g/mol. The molecule has 0 aliphatic heterocycles. The number of hydrogen-bond donors (Lipinski definition) is 1. The summed E-state index contributed by atoms with van der Waals surface area (Å²) in [4.78, 5) is 8.15. The second-order valence-electron chi connectivity index (χ2n) is 4.49. The fraction of sp³-hybridized carbons (Fsp3) is 0.286. The van der Waals surface area contributed by atoms with Crippen molar-refractivity contribution in [2.45, 2.75) is 18.4 Å². The van der Waals surface area contributed by atoms with Crippen molar-refractivity contribution in [1.29, 1.82) is 0 Å². The third-order valence-electron chi connectivity index (χ3n) is 3.36. The van der Waals surface area contributed by atoms with Gasteiger partial charge in [0, 0.05) is 12.4 Å². The molecule has 0 saturated heterocycles. The molecule has 1 fully saturated rings. The van der Waals surface area contributed by atoms with Crippen LogP contribution in [0.2, 0.25) is 0 Å². The van der Waals surface area contributed by atoms with Crippen LogP contribution in [0.15, 0.2) is 48.9 Å². The topological polar surface area (TPSA) is 46.0 Å². The molecule has 3 unspecified atom stereocenters. The van der Waals surface area contributed by atoms with Gasteiger partial charge in [-0.15, -0.1) is 0 Å². The van der Waals surface area contributed by atoms with Gasteiger partial charge in [0.1, 0.15) is 6.10 Å². The first kappa shape index (κ1) is 10.4. The van der Waals surface area contributed by atoms with E-state index in [2.05, 4.69) is 22.1 Å². The normalized spacial score (nSPS) is 24.3. The molecule has 17 heavy (non-hydrogen) atoms. The van der Waals surface area contributed by atoms with Crippen molar-refractivity contribution in [1.82, 2.24) is 9.97 Å². The number of benzene rings is 1. The molecule has 2 aromatic rings. The lowest BCUT2D eigenvalue weighted by molar-refractivity contribution is 0.146. The van der Waals surface area contributed by atoms with Crippen LogP contribution in [0.25, 0.3) is 0 Å². The molecule has 0 bridgehead atoms. The average Bonchev–Trinajstić information content (AvgIpc) is 3.20. The molecule has 86 valence electrons. The van der Waals surface area contributed by atoms with E-state index in [4.69, 9.17) is 0 Å². The summed E-state index contributed by atoms with van der Waals surface area (Å²) < 4.78 is 0. The van der Waals surface area contributed by atoms with Gasteiger partial charge in [0.25, 0.3) is 0 Å². The first-order chi connectivity index (χ1) is 8.36. The van der Waals surface area contributed by atoms with E-state index in [1.54, 1.807) is 18.6 Å². The van der Waals surface area contributed by atoms with E-state index in [1.165, 1.54) is 5.56 Å². The number of nitrogens with zero attached hydrogens (tertiary/aromatic N) is 2. The number of aliphatic hydroxyl groups excluding tert-OH is 1. The Balaban J connectivity index is 1.73. The molecule has 1 heterocycles. The van der Waals surface area contributed by atoms with Gasteiger partial charge in [-0.05, 0) is 23.8 Å². The van der Waals surface area contributed by atoms with E-state index in [0.717, 1.165) is 6.42 Å². The predicted molar refractivity (Wildman–Crippen MR) is 64.3 cm³/mol. The zero-order valence-corrected chi connectivity index (χ0v) is 9.40. The molecule has 1 saturated carbocycles. The van der Waals surface area contributed by atoms with E-state index in [1.807, 2.05) is 18.2 Å². The Morgan fingerprint density at radius 2 is 2.00 bits per heavy atom. The Morgan fingerprint density at radius 1 is 1.18 bits per heavy atom. The maximum Gasteiger partial charge on any atom is 0.101 e. The zero-order chi connectivity index (χ0) is 11.7. The molecule has 3 rings (SSSR count). The van der Waals surface area contributed by atoms with E-state index in [-0.39, 0.29) is 5.92 Å². The van der Waals surface area contributed by atoms with Gasteiger partial charge in [0.2, 0.25) is 0 Å². The summed E-state index contributed by atoms with van der Waals surface area (Å²) in [5, 5.41) is 10.2. The van der Waals surface area contributed by atoms with Crippen molar-refractivity contribution in [2.75, 3.05) is 0 Å². The van der Waals surface area contributed by atoms with Crippen molar-refractivity contribution in [3.63, 3.8) is 0 Å². The number of hydrogen-bond acceptors (Lipinski definition) is 3. The Kier molecular flexibility index (Phi) is 2.61. The number of aliphatic hydroxyl groups is 1. The Labute approximate surface area is 100 Å². The van der Waals surface area contributed by atoms with Crippen LogP contribution >= 0.6 is 0 Å². The van der Waals surface area contributed by atoms with Crippen molar-refractivity contribution in [2.24, 2.45) is 5.92 Å². The van der Waals surface area contributed by atoms with E-state index in [9.17, 15) is 5.11 Å². The third-order valence-corrected chi connectivity index (χ3v) is 3.36. The predicted octanol–water partition coefficient (Wildman–Crippen LogP) is 2.31. The van der Waals surface area contributed by atoms with Crippen molar-refractivity contribution >= 4 is 0 Å². The summed E-state index contributed by atoms with van der Waals surface area (Å²) in [6, 6.07) is 10.3. The van der Waals surface area contributed by atoms with E-state index >= 15 is 0 Å². The van der Waals surface area contributed by atoms with Gasteiger partial charge in [0.15, 0.2) is 0 Å². The molecule has 1 aromatic heterocycles. The van der Waals surface area contributed by atoms with Crippen LogP contribution < -0.4 is 0 Å². The van der Waals surface area contributed by atoms with Gasteiger partial charge in [-0.1, -0.05) is 30.3 Å². The van der Waals surface area contributed by atoms with Gasteiger partial charge in [0.05, 0.1) is 11.9 Å². The lowest BCUT2D eigenvalue weighted by Crippen LogP contribution is -2.04. The molecular weight excluding hydrogens is 212 g/mol. The highest BCUT2D eigenvalue weighted by atomic mass is 16.3. The first-order valence-electron chi connectivity index (χ1n) is 5.85. The highest BCUT2D eigenvalue weighted by Gasteiger charge is 2.44. The maximum absolute atomic E-state index is 10.2. The minimum Gasteiger partial charge on any atom is -0.386 e. The van der Waals surface area contributed by atoms with Crippen molar-refractivity contribution < 1.29 is 5.11 Å². The van der Waals surface area contributed by atoms with Crippen LogP contribution in [0.5, 0.6) is 0 Å². The largest absolute Gasteiger partial charge is 0.386 e. The number of rotatable bonds is 3. The van der Waals surface area contributed by atoms with Crippen molar-refractivity contribution in [3.8, 4) is 0 Å². The Hall–Kier alpha value is -1.74. The Bertz CT molecular complexity index is 486. The minimum atomic E-state index is -0.492. The Morgan fingerprint density at radius 3 is 2.71 bits per heavy atom. The second kappa shape index (κ2) is 4.26. The van der Waals surface area contributed by atoms with Gasteiger partial charge in [-0.2, -0.15) is 0 Å². The summed E-state index contributed by atoms with van der Waals surface area (Å²) in [6.45, 7) is 0. The quantitative estimate of drug-likeness (QED) is 0.873. The summed E-state index contributed by atoms with van der Waals surface area (Å²) in [7, 11) is 0. The smallest absolute Gasteiger partial charge is 0.101 e. The molecule has 3 heteroatoms. The highest BCUT2D eigenvalue weighted by molar-refractivity contribution is 5.27. The van der Waals surface area contributed by atoms with Crippen LogP contribution in [0.1, 0.15) is 29.7 Å². The standard InChI is InChI=1S/C14H14N2O/c17-14(13-9-15-6-7-16-13)12-8-11(12)10-4-2-1-3-5-10/h1-7,9,11-12,14,17H,8H2. The molecule has 1 aliphatic rings. The van der Waals surface area contributed by atoms with E-state index in [0.29, 0.717) is 11.6 Å². The first-order valence-corrected chi connectivity index (χ1v) is 5.85. The van der Waals surface area contributed by atoms with Gasteiger partial charge in [-0.25, -0.2) is 0 Å². The molecule has 3 nitrogen and oxygen atoms in total. The molecule has 0 radical (unpaired) electrons. The highest BCUT2D eigenvalue weighted by Crippen LogP contribution is 2.53. The molecule has 1 aromatic carbocycles. The summed E-state index contributed by atoms with van der Waals surface area (Å²) >= 11 is 0. The molecule has 1 aliphatic carbocycles. The average molecular weight is 226 g/mol. The fourth-order valence-corrected chi connectivity index (χ4v) is 2.33. The zero-order valence-electron chi connectivity index (χ0n) is 9.40. The summed E-state index contributed by atoms with van der Waals surface area (Å²) in [6.07, 6.45) is 5.43. The fourth-order valence-electron chi connectivity index (χ4n) is 2.33. The molecular formula is C14H14N2O. The number of aromatic nitrogens is 2. The van der Waals surface area contributed by atoms with Crippen LogP contribution in [0, 0.1) is 5.92 Å².